The van der Waals surface area contributed by atoms with Crippen molar-refractivity contribution in [3.05, 3.63) is 0 Å². The van der Waals surface area contributed by atoms with Gasteiger partial charge < -0.3 is 4.43 Å². The molecule has 0 aliphatic carbocycles. The van der Waals surface area contributed by atoms with Crippen LogP contribution in [0.15, 0.2) is 0 Å². The van der Waals surface area contributed by atoms with E-state index < -0.39 is 8.32 Å². The van der Waals surface area contributed by atoms with Crippen molar-refractivity contribution in [3.8, 4) is 0 Å². The smallest absolute Gasteiger partial charge is 0.191 e. The molecule has 1 nitrogen and oxygen atoms in total. The minimum atomic E-state index is -1.50. The minimum absolute atomic E-state index is 0.346. The third-order valence-electron chi connectivity index (χ3n) is 3.71. The highest BCUT2D eigenvalue weighted by molar-refractivity contribution is 14.1. The van der Waals surface area contributed by atoms with Gasteiger partial charge >= 0.3 is 0 Å². The highest BCUT2D eigenvalue weighted by Crippen LogP contribution is 2.36. The van der Waals surface area contributed by atoms with E-state index in [1.807, 2.05) is 0 Å². The van der Waals surface area contributed by atoms with Crippen molar-refractivity contribution in [2.24, 2.45) is 5.92 Å². The van der Waals surface area contributed by atoms with Crippen LogP contribution in [0.3, 0.4) is 0 Å². The van der Waals surface area contributed by atoms with Crippen LogP contribution in [0.4, 0.5) is 0 Å². The van der Waals surface area contributed by atoms with Crippen LogP contribution < -0.4 is 0 Å². The Morgan fingerprint density at radius 1 is 1.19 bits per heavy atom. The lowest BCUT2D eigenvalue weighted by molar-refractivity contribution is 0.256. The van der Waals surface area contributed by atoms with E-state index >= 15 is 0 Å². The SMILES string of the molecule is C[C@@H](CCCI)CCO[Si](C)(C)C(C)(C)C. The quantitative estimate of drug-likeness (QED) is 0.344. The Balaban J connectivity index is 3.81. The van der Waals surface area contributed by atoms with E-state index in [0.717, 1.165) is 12.5 Å². The zero-order valence-corrected chi connectivity index (χ0v) is 15.1. The van der Waals surface area contributed by atoms with Gasteiger partial charge in [-0.3, -0.25) is 0 Å². The van der Waals surface area contributed by atoms with E-state index in [0.29, 0.717) is 5.04 Å². The van der Waals surface area contributed by atoms with E-state index in [4.69, 9.17) is 4.43 Å². The van der Waals surface area contributed by atoms with Crippen LogP contribution in [-0.2, 0) is 4.43 Å². The number of alkyl halides is 1. The topological polar surface area (TPSA) is 9.23 Å². The van der Waals surface area contributed by atoms with Crippen molar-refractivity contribution in [3.63, 3.8) is 0 Å². The van der Waals surface area contributed by atoms with Gasteiger partial charge in [-0.2, -0.15) is 0 Å². The number of hydrogen-bond acceptors (Lipinski definition) is 1. The summed E-state index contributed by atoms with van der Waals surface area (Å²) >= 11 is 2.46. The molecule has 0 spiro atoms. The first-order chi connectivity index (χ1) is 7.20. The molecule has 0 aromatic carbocycles. The summed E-state index contributed by atoms with van der Waals surface area (Å²) in [6.45, 7) is 14.9. The van der Waals surface area contributed by atoms with Gasteiger partial charge in [0.15, 0.2) is 8.32 Å². The molecule has 0 amide bonds. The maximum Gasteiger partial charge on any atom is 0.191 e. The standard InChI is InChI=1S/C13H29IOSi/c1-12(8-7-10-14)9-11-15-16(5,6)13(2,3)4/h12H,7-11H2,1-6H3/t12-/m0/s1. The second kappa shape index (κ2) is 7.37. The molecule has 0 saturated carbocycles. The normalized spacial score (nSPS) is 15.2. The summed E-state index contributed by atoms with van der Waals surface area (Å²) in [6.07, 6.45) is 3.93. The highest BCUT2D eigenvalue weighted by atomic mass is 127. The Morgan fingerprint density at radius 2 is 1.75 bits per heavy atom. The van der Waals surface area contributed by atoms with Gasteiger partial charge in [-0.15, -0.1) is 0 Å². The molecule has 0 saturated heterocycles. The first-order valence-corrected chi connectivity index (χ1v) is 10.8. The second-order valence-electron chi connectivity index (χ2n) is 6.33. The molecule has 0 aromatic rings. The van der Waals surface area contributed by atoms with Gasteiger partial charge in [-0.1, -0.05) is 50.3 Å². The average molecular weight is 356 g/mol. The summed E-state index contributed by atoms with van der Waals surface area (Å²) in [7, 11) is -1.50. The average Bonchev–Trinajstić information content (AvgIpc) is 2.12. The largest absolute Gasteiger partial charge is 0.417 e. The molecule has 98 valence electrons. The molecule has 0 heterocycles. The second-order valence-corrected chi connectivity index (χ2v) is 12.2. The Labute approximate surface area is 117 Å². The molecule has 0 aliphatic rings. The van der Waals surface area contributed by atoms with E-state index in [9.17, 15) is 0 Å². The van der Waals surface area contributed by atoms with Gasteiger partial charge in [0.2, 0.25) is 0 Å². The van der Waals surface area contributed by atoms with Crippen LogP contribution in [0.1, 0.15) is 47.0 Å². The van der Waals surface area contributed by atoms with Gasteiger partial charge in [-0.05, 0) is 47.7 Å². The Bertz CT molecular complexity index is 187. The Morgan fingerprint density at radius 3 is 2.19 bits per heavy atom. The van der Waals surface area contributed by atoms with E-state index in [1.54, 1.807) is 0 Å². The highest BCUT2D eigenvalue weighted by Gasteiger charge is 2.36. The molecular formula is C13H29IOSi. The fraction of sp³-hybridized carbons (Fsp3) is 1.00. The molecule has 0 bridgehead atoms. The number of hydrogen-bond donors (Lipinski definition) is 0. The van der Waals surface area contributed by atoms with Crippen molar-refractivity contribution < 1.29 is 4.43 Å². The molecule has 0 aromatic heterocycles. The molecule has 1 atom stereocenters. The van der Waals surface area contributed by atoms with E-state index in [1.165, 1.54) is 23.7 Å². The van der Waals surface area contributed by atoms with Crippen LogP contribution >= 0.6 is 22.6 Å². The van der Waals surface area contributed by atoms with Gasteiger partial charge in [0.1, 0.15) is 0 Å². The lowest BCUT2D eigenvalue weighted by Crippen LogP contribution is -2.41. The predicted octanol–water partition coefficient (Wildman–Crippen LogP) is 5.25. The van der Waals surface area contributed by atoms with Crippen molar-refractivity contribution in [1.29, 1.82) is 0 Å². The van der Waals surface area contributed by atoms with Crippen molar-refractivity contribution in [1.82, 2.24) is 0 Å². The van der Waals surface area contributed by atoms with Gasteiger partial charge in [-0.25, -0.2) is 0 Å². The summed E-state index contributed by atoms with van der Waals surface area (Å²) in [5.74, 6) is 0.819. The maximum atomic E-state index is 6.18. The van der Waals surface area contributed by atoms with E-state index in [-0.39, 0.29) is 0 Å². The summed E-state index contributed by atoms with van der Waals surface area (Å²) < 4.78 is 7.46. The molecule has 0 unspecified atom stereocenters. The van der Waals surface area contributed by atoms with Crippen LogP contribution in [0, 0.1) is 5.92 Å². The number of rotatable bonds is 7. The first kappa shape index (κ1) is 16.9. The minimum Gasteiger partial charge on any atom is -0.417 e. The van der Waals surface area contributed by atoms with Gasteiger partial charge in [0.25, 0.3) is 0 Å². The monoisotopic (exact) mass is 356 g/mol. The summed E-state index contributed by atoms with van der Waals surface area (Å²) in [6, 6.07) is 0. The predicted molar refractivity (Wildman–Crippen MR) is 85.1 cm³/mol. The fourth-order valence-electron chi connectivity index (χ4n) is 1.30. The molecule has 0 aliphatic heterocycles. The van der Waals surface area contributed by atoms with Gasteiger partial charge in [0.05, 0.1) is 0 Å². The van der Waals surface area contributed by atoms with Crippen LogP contribution in [0.2, 0.25) is 18.1 Å². The summed E-state index contributed by atoms with van der Waals surface area (Å²) in [5, 5.41) is 0.346. The van der Waals surface area contributed by atoms with Crippen LogP contribution in [0.25, 0.3) is 0 Å². The molecule has 0 rings (SSSR count). The number of halogens is 1. The first-order valence-electron chi connectivity index (χ1n) is 6.40. The lowest BCUT2D eigenvalue weighted by atomic mass is 10.0. The van der Waals surface area contributed by atoms with Gasteiger partial charge in [0, 0.05) is 6.61 Å². The molecule has 0 radical (unpaired) electrons. The third kappa shape index (κ3) is 6.60. The van der Waals surface area contributed by atoms with E-state index in [2.05, 4.69) is 63.4 Å². The Hall–Kier alpha value is 0.907. The molecule has 16 heavy (non-hydrogen) atoms. The van der Waals surface area contributed by atoms with Crippen molar-refractivity contribution in [2.75, 3.05) is 11.0 Å². The van der Waals surface area contributed by atoms with Crippen molar-refractivity contribution in [2.45, 2.75) is 65.1 Å². The Kier molecular flexibility index (Phi) is 7.78. The third-order valence-corrected chi connectivity index (χ3v) is 9.01. The molecule has 3 heteroatoms. The lowest BCUT2D eigenvalue weighted by Gasteiger charge is -2.36. The molecule has 0 N–H and O–H groups in total. The molecular weight excluding hydrogens is 327 g/mol. The molecule has 0 fully saturated rings. The van der Waals surface area contributed by atoms with Crippen molar-refractivity contribution >= 4 is 30.9 Å². The zero-order valence-electron chi connectivity index (χ0n) is 11.9. The summed E-state index contributed by atoms with van der Waals surface area (Å²) in [4.78, 5) is 0. The van der Waals surface area contributed by atoms with Crippen LogP contribution in [-0.4, -0.2) is 19.4 Å². The zero-order chi connectivity index (χ0) is 12.8. The summed E-state index contributed by atoms with van der Waals surface area (Å²) in [5.41, 5.74) is 0. The van der Waals surface area contributed by atoms with Crippen LogP contribution in [0.5, 0.6) is 0 Å². The maximum absolute atomic E-state index is 6.18. The fourth-order valence-corrected chi connectivity index (χ4v) is 2.80.